The van der Waals surface area contributed by atoms with Crippen molar-refractivity contribution in [2.24, 2.45) is 0 Å². The first-order valence-electron chi connectivity index (χ1n) is 7.13. The van der Waals surface area contributed by atoms with E-state index in [-0.39, 0.29) is 23.4 Å². The fourth-order valence-electron chi connectivity index (χ4n) is 1.71. The van der Waals surface area contributed by atoms with Gasteiger partial charge in [0.1, 0.15) is 10.8 Å². The topological polar surface area (TPSA) is 90.4 Å². The molecule has 2 aromatic rings. The molecule has 0 radical (unpaired) electrons. The number of hydrogen-bond acceptors (Lipinski definition) is 8. The fourth-order valence-corrected chi connectivity index (χ4v) is 3.08. The molecule has 0 aliphatic heterocycles. The van der Waals surface area contributed by atoms with Gasteiger partial charge < -0.3 is 9.47 Å². The van der Waals surface area contributed by atoms with Crippen LogP contribution in [0.2, 0.25) is 0 Å². The number of anilines is 1. The van der Waals surface area contributed by atoms with Gasteiger partial charge in [0.15, 0.2) is 0 Å². The van der Waals surface area contributed by atoms with Gasteiger partial charge in [-0.25, -0.2) is 0 Å². The molecule has 0 saturated heterocycles. The molecular weight excluding hydrogens is 350 g/mol. The van der Waals surface area contributed by atoms with Gasteiger partial charge in [-0.1, -0.05) is 11.3 Å². The summed E-state index contributed by atoms with van der Waals surface area (Å²) in [6, 6.07) is 7.42. The lowest BCUT2D eigenvalue weighted by Gasteiger charge is -2.02. The molecule has 0 unspecified atom stereocenters. The van der Waals surface area contributed by atoms with Gasteiger partial charge in [-0.2, -0.15) is 0 Å². The van der Waals surface area contributed by atoms with Crippen LogP contribution in [-0.2, 0) is 14.3 Å². The Kier molecular flexibility index (Phi) is 7.01. The first-order valence-corrected chi connectivity index (χ1v) is 9.10. The number of nitrogens with one attached hydrogen (secondary N) is 1. The number of carbonyl (C=O) groups is 2. The van der Waals surface area contributed by atoms with Crippen molar-refractivity contribution in [2.75, 3.05) is 30.5 Å². The smallest absolute Gasteiger partial charge is 0.315 e. The average molecular weight is 367 g/mol. The number of amides is 1. The molecule has 0 aliphatic rings. The minimum absolute atomic E-state index is 0.147. The van der Waals surface area contributed by atoms with Crippen molar-refractivity contribution in [3.8, 4) is 16.3 Å². The molecule has 9 heteroatoms. The fraction of sp³-hybridized carbons (Fsp3) is 0.333. The van der Waals surface area contributed by atoms with E-state index in [1.54, 1.807) is 14.0 Å². The molecular formula is C15H17N3O4S2. The second-order valence-corrected chi connectivity index (χ2v) is 6.45. The van der Waals surface area contributed by atoms with Gasteiger partial charge in [0.25, 0.3) is 0 Å². The van der Waals surface area contributed by atoms with E-state index in [1.807, 2.05) is 24.3 Å². The van der Waals surface area contributed by atoms with E-state index < -0.39 is 0 Å². The van der Waals surface area contributed by atoms with Crippen molar-refractivity contribution in [3.05, 3.63) is 24.3 Å². The zero-order valence-corrected chi connectivity index (χ0v) is 14.9. The Labute approximate surface area is 147 Å². The van der Waals surface area contributed by atoms with E-state index in [0.29, 0.717) is 16.7 Å². The zero-order chi connectivity index (χ0) is 17.4. The first-order chi connectivity index (χ1) is 11.6. The Morgan fingerprint density at radius 1 is 1.21 bits per heavy atom. The van der Waals surface area contributed by atoms with Crippen LogP contribution in [0, 0.1) is 0 Å². The maximum absolute atomic E-state index is 11.8. The van der Waals surface area contributed by atoms with Crippen LogP contribution >= 0.6 is 23.1 Å². The van der Waals surface area contributed by atoms with Gasteiger partial charge in [-0.3, -0.25) is 14.9 Å². The molecule has 1 aromatic carbocycles. The van der Waals surface area contributed by atoms with Crippen molar-refractivity contribution in [3.63, 3.8) is 0 Å². The number of carbonyl (C=O) groups excluding carboxylic acids is 2. The summed E-state index contributed by atoms with van der Waals surface area (Å²) in [5, 5.41) is 11.8. The highest BCUT2D eigenvalue weighted by Gasteiger charge is 2.11. The van der Waals surface area contributed by atoms with Crippen LogP contribution < -0.4 is 10.1 Å². The van der Waals surface area contributed by atoms with Crippen molar-refractivity contribution < 1.29 is 19.1 Å². The Morgan fingerprint density at radius 3 is 2.62 bits per heavy atom. The minimum Gasteiger partial charge on any atom is -0.497 e. The molecule has 2 rings (SSSR count). The van der Waals surface area contributed by atoms with Gasteiger partial charge >= 0.3 is 5.97 Å². The second-order valence-electron chi connectivity index (χ2n) is 4.49. The van der Waals surface area contributed by atoms with Gasteiger partial charge in [-0.15, -0.1) is 22.0 Å². The second kappa shape index (κ2) is 9.24. The van der Waals surface area contributed by atoms with Crippen LogP contribution in [0.1, 0.15) is 6.92 Å². The summed E-state index contributed by atoms with van der Waals surface area (Å²) in [5.41, 5.74) is 0.894. The van der Waals surface area contributed by atoms with Crippen LogP contribution in [0.3, 0.4) is 0 Å². The number of aromatic nitrogens is 2. The predicted octanol–water partition coefficient (Wildman–Crippen LogP) is 2.45. The van der Waals surface area contributed by atoms with Crippen molar-refractivity contribution in [1.82, 2.24) is 10.2 Å². The van der Waals surface area contributed by atoms with E-state index in [4.69, 9.17) is 9.47 Å². The lowest BCUT2D eigenvalue weighted by Crippen LogP contribution is -2.16. The number of nitrogens with zero attached hydrogens (tertiary/aromatic N) is 2. The number of esters is 1. The summed E-state index contributed by atoms with van der Waals surface area (Å²) >= 11 is 2.47. The molecule has 0 saturated carbocycles. The van der Waals surface area contributed by atoms with Gasteiger partial charge in [0, 0.05) is 5.56 Å². The van der Waals surface area contributed by atoms with Gasteiger partial charge in [0.2, 0.25) is 11.0 Å². The number of benzene rings is 1. The summed E-state index contributed by atoms with van der Waals surface area (Å²) in [6.45, 7) is 2.08. The molecule has 0 atom stereocenters. The van der Waals surface area contributed by atoms with Gasteiger partial charge in [0.05, 0.1) is 25.2 Å². The number of ether oxygens (including phenoxy) is 2. The molecule has 1 heterocycles. The van der Waals surface area contributed by atoms with E-state index >= 15 is 0 Å². The van der Waals surface area contributed by atoms with Crippen LogP contribution in [0.4, 0.5) is 5.13 Å². The molecule has 1 N–H and O–H groups in total. The summed E-state index contributed by atoms with van der Waals surface area (Å²) in [5.74, 6) is 0.496. The molecule has 0 fully saturated rings. The summed E-state index contributed by atoms with van der Waals surface area (Å²) in [4.78, 5) is 23.0. The van der Waals surface area contributed by atoms with E-state index in [9.17, 15) is 9.59 Å². The maximum Gasteiger partial charge on any atom is 0.315 e. The standard InChI is InChI=1S/C15H17N3O4S2/c1-3-22-13(20)9-23-8-12(19)16-15-18-17-14(24-15)10-4-6-11(21-2)7-5-10/h4-7H,3,8-9H2,1-2H3,(H,16,18,19). The molecule has 7 nitrogen and oxygen atoms in total. The monoisotopic (exact) mass is 367 g/mol. The maximum atomic E-state index is 11.8. The predicted molar refractivity (Wildman–Crippen MR) is 94.5 cm³/mol. The third kappa shape index (κ3) is 5.50. The highest BCUT2D eigenvalue weighted by molar-refractivity contribution is 8.00. The minimum atomic E-state index is -0.326. The Morgan fingerprint density at radius 2 is 1.96 bits per heavy atom. The molecule has 1 amide bonds. The quantitative estimate of drug-likeness (QED) is 0.717. The average Bonchev–Trinajstić information content (AvgIpc) is 3.03. The summed E-state index contributed by atoms with van der Waals surface area (Å²) < 4.78 is 9.90. The van der Waals surface area contributed by atoms with Crippen molar-refractivity contribution >= 4 is 40.1 Å². The van der Waals surface area contributed by atoms with Crippen molar-refractivity contribution in [1.29, 1.82) is 0 Å². The van der Waals surface area contributed by atoms with Gasteiger partial charge in [-0.05, 0) is 31.2 Å². The largest absolute Gasteiger partial charge is 0.497 e. The lowest BCUT2D eigenvalue weighted by molar-refractivity contribution is -0.139. The number of methoxy groups -OCH3 is 1. The van der Waals surface area contributed by atoms with Crippen LogP contribution in [0.25, 0.3) is 10.6 Å². The Bertz CT molecular complexity index is 688. The normalized spacial score (nSPS) is 10.2. The van der Waals surface area contributed by atoms with Crippen LogP contribution in [0.15, 0.2) is 24.3 Å². The lowest BCUT2D eigenvalue weighted by atomic mass is 10.2. The Balaban J connectivity index is 1.84. The summed E-state index contributed by atoms with van der Waals surface area (Å²) in [7, 11) is 1.60. The highest BCUT2D eigenvalue weighted by Crippen LogP contribution is 2.27. The third-order valence-corrected chi connectivity index (χ3v) is 4.56. The number of rotatable bonds is 8. The zero-order valence-electron chi connectivity index (χ0n) is 13.3. The molecule has 0 spiro atoms. The Hall–Kier alpha value is -2.13. The number of hydrogen-bond donors (Lipinski definition) is 1. The van der Waals surface area contributed by atoms with E-state index in [1.165, 1.54) is 23.1 Å². The molecule has 1 aromatic heterocycles. The SMILES string of the molecule is CCOC(=O)CSCC(=O)Nc1nnc(-c2ccc(OC)cc2)s1. The molecule has 128 valence electrons. The van der Waals surface area contributed by atoms with Crippen LogP contribution in [0.5, 0.6) is 5.75 Å². The van der Waals surface area contributed by atoms with E-state index in [2.05, 4.69) is 15.5 Å². The molecule has 0 aliphatic carbocycles. The molecule has 24 heavy (non-hydrogen) atoms. The van der Waals surface area contributed by atoms with Crippen LogP contribution in [-0.4, -0.2) is 47.3 Å². The third-order valence-electron chi connectivity index (χ3n) is 2.77. The molecule has 0 bridgehead atoms. The van der Waals surface area contributed by atoms with E-state index in [0.717, 1.165) is 11.3 Å². The first kappa shape index (κ1) is 18.2. The van der Waals surface area contributed by atoms with Crippen molar-refractivity contribution in [2.45, 2.75) is 6.92 Å². The highest BCUT2D eigenvalue weighted by atomic mass is 32.2. The number of thioether (sulfide) groups is 1. The summed E-state index contributed by atoms with van der Waals surface area (Å²) in [6.07, 6.45) is 0.